The molecule has 1 aliphatic carbocycles. The van der Waals surface area contributed by atoms with Gasteiger partial charge in [0.2, 0.25) is 0 Å². The molecule has 3 N–H and O–H groups in total. The summed E-state index contributed by atoms with van der Waals surface area (Å²) in [7, 11) is 0. The van der Waals surface area contributed by atoms with E-state index in [1.807, 2.05) is 45.9 Å². The zero-order valence-electron chi connectivity index (χ0n) is 28.3. The summed E-state index contributed by atoms with van der Waals surface area (Å²) in [5.41, 5.74) is 3.83. The number of hydrogen-bond donors (Lipinski definition) is 3. The van der Waals surface area contributed by atoms with Crippen LogP contribution in [0, 0.1) is 0 Å². The van der Waals surface area contributed by atoms with Crippen molar-refractivity contribution in [1.29, 1.82) is 0 Å². The number of nitrogens with zero attached hydrogens (tertiary/aromatic N) is 2. The van der Waals surface area contributed by atoms with Gasteiger partial charge in [0.1, 0.15) is 11.7 Å². The molecular weight excluding hydrogens is 618 g/mol. The Morgan fingerprint density at radius 1 is 1.04 bits per heavy atom. The number of benzene rings is 2. The zero-order chi connectivity index (χ0) is 34.8. The molecule has 0 bridgehead atoms. The molecule has 2 atom stereocenters. The minimum Gasteiger partial charge on any atom is -0.390 e. The number of carbonyl (C=O) groups excluding carboxylic acids is 2. The van der Waals surface area contributed by atoms with Crippen molar-refractivity contribution in [2.75, 3.05) is 30.0 Å². The zero-order valence-corrected chi connectivity index (χ0v) is 29.1. The summed E-state index contributed by atoms with van der Waals surface area (Å²) in [6, 6.07) is 11.6. The molecule has 3 rings (SSSR count). The molecule has 0 spiro atoms. The third-order valence-electron chi connectivity index (χ3n) is 7.35. The highest BCUT2D eigenvalue weighted by molar-refractivity contribution is 7.99. The van der Waals surface area contributed by atoms with Gasteiger partial charge in [-0.1, -0.05) is 52.8 Å². The SMILES string of the molecule is C=Nc1cc(CC)ccc1NCSCC(O)C(CC1=CCC(F)=CC(F)=C1)NC(=O)c1cccc(C(=O)N(CCC)CCC)c1.CC. The summed E-state index contributed by atoms with van der Waals surface area (Å²) in [5, 5.41) is 17.4. The Morgan fingerprint density at radius 2 is 1.74 bits per heavy atom. The van der Waals surface area contributed by atoms with E-state index in [0.29, 0.717) is 30.1 Å². The molecule has 0 aliphatic heterocycles. The molecule has 2 aromatic rings. The Balaban J connectivity index is 0.00000376. The van der Waals surface area contributed by atoms with Gasteiger partial charge in [0, 0.05) is 42.5 Å². The second-order valence-corrected chi connectivity index (χ2v) is 11.9. The number of thioether (sulfide) groups is 1. The molecule has 10 heteroatoms. The summed E-state index contributed by atoms with van der Waals surface area (Å²) in [5.74, 6) is -1.26. The van der Waals surface area contributed by atoms with Gasteiger partial charge in [-0.05, 0) is 79.9 Å². The number of carbonyl (C=O) groups is 2. The van der Waals surface area contributed by atoms with Crippen LogP contribution in [0.3, 0.4) is 0 Å². The van der Waals surface area contributed by atoms with Crippen molar-refractivity contribution in [3.8, 4) is 0 Å². The first kappa shape index (κ1) is 39.4. The van der Waals surface area contributed by atoms with E-state index in [1.54, 1.807) is 35.2 Å². The van der Waals surface area contributed by atoms with Crippen LogP contribution in [0.25, 0.3) is 0 Å². The summed E-state index contributed by atoms with van der Waals surface area (Å²) in [6.45, 7) is 15.0. The Hall–Kier alpha value is -3.76. The highest BCUT2D eigenvalue weighted by Gasteiger charge is 2.25. The normalized spacial score (nSPS) is 13.8. The lowest BCUT2D eigenvalue weighted by molar-refractivity contribution is 0.0755. The maximum Gasteiger partial charge on any atom is 0.253 e. The van der Waals surface area contributed by atoms with Crippen molar-refractivity contribution in [3.05, 3.63) is 94.6 Å². The van der Waals surface area contributed by atoms with Crippen LogP contribution in [0.15, 0.2) is 82.9 Å². The number of anilines is 1. The molecule has 0 fully saturated rings. The number of nitrogens with one attached hydrogen (secondary N) is 2. The number of halogens is 2. The molecule has 2 amide bonds. The average molecular weight is 669 g/mol. The minimum atomic E-state index is -1.02. The van der Waals surface area contributed by atoms with E-state index < -0.39 is 29.7 Å². The van der Waals surface area contributed by atoms with Gasteiger partial charge in [0.15, 0.2) is 0 Å². The molecule has 1 aliphatic rings. The van der Waals surface area contributed by atoms with E-state index in [0.717, 1.165) is 42.3 Å². The van der Waals surface area contributed by atoms with E-state index in [1.165, 1.54) is 17.8 Å². The minimum absolute atomic E-state index is 0.0812. The first-order chi connectivity index (χ1) is 22.7. The third-order valence-corrected chi connectivity index (χ3v) is 8.28. The molecule has 0 saturated heterocycles. The van der Waals surface area contributed by atoms with Crippen molar-refractivity contribution in [3.63, 3.8) is 0 Å². The predicted octanol–water partition coefficient (Wildman–Crippen LogP) is 8.56. The lowest BCUT2D eigenvalue weighted by atomic mass is 10.00. The molecular formula is C37H50F2N4O3S. The number of amides is 2. The molecule has 47 heavy (non-hydrogen) atoms. The Morgan fingerprint density at radius 3 is 2.40 bits per heavy atom. The van der Waals surface area contributed by atoms with Gasteiger partial charge < -0.3 is 20.6 Å². The number of aliphatic hydroxyl groups excluding tert-OH is 1. The predicted molar refractivity (Wildman–Crippen MR) is 193 cm³/mol. The number of rotatable bonds is 17. The van der Waals surface area contributed by atoms with Gasteiger partial charge in [0.05, 0.1) is 29.4 Å². The van der Waals surface area contributed by atoms with E-state index >= 15 is 0 Å². The van der Waals surface area contributed by atoms with Crippen molar-refractivity contribution < 1.29 is 23.5 Å². The van der Waals surface area contributed by atoms with Crippen LogP contribution in [0.1, 0.15) is 86.6 Å². The van der Waals surface area contributed by atoms with Crippen LogP contribution < -0.4 is 10.6 Å². The van der Waals surface area contributed by atoms with Crippen LogP contribution in [-0.4, -0.2) is 65.4 Å². The average Bonchev–Trinajstić information content (AvgIpc) is 3.25. The smallest absolute Gasteiger partial charge is 0.253 e. The fraction of sp³-hybridized carbons (Fsp3) is 0.432. The van der Waals surface area contributed by atoms with Gasteiger partial charge in [-0.15, -0.1) is 11.8 Å². The molecule has 2 unspecified atom stereocenters. The van der Waals surface area contributed by atoms with Gasteiger partial charge in [-0.25, -0.2) is 8.78 Å². The lowest BCUT2D eigenvalue weighted by Gasteiger charge is -2.25. The monoisotopic (exact) mass is 668 g/mol. The van der Waals surface area contributed by atoms with Crippen LogP contribution in [0.2, 0.25) is 0 Å². The van der Waals surface area contributed by atoms with Crippen LogP contribution in [-0.2, 0) is 6.42 Å². The van der Waals surface area contributed by atoms with Crippen LogP contribution >= 0.6 is 11.8 Å². The quantitative estimate of drug-likeness (QED) is 0.0892. The lowest BCUT2D eigenvalue weighted by Crippen LogP contribution is -2.45. The Bertz CT molecular complexity index is 1420. The van der Waals surface area contributed by atoms with Gasteiger partial charge >= 0.3 is 0 Å². The first-order valence-corrected chi connectivity index (χ1v) is 17.6. The number of hydrogen-bond acceptors (Lipinski definition) is 6. The van der Waals surface area contributed by atoms with Crippen LogP contribution in [0.5, 0.6) is 0 Å². The largest absolute Gasteiger partial charge is 0.390 e. The van der Waals surface area contributed by atoms with Gasteiger partial charge in [0.25, 0.3) is 11.8 Å². The van der Waals surface area contributed by atoms with Crippen molar-refractivity contribution >= 4 is 41.7 Å². The summed E-state index contributed by atoms with van der Waals surface area (Å²) < 4.78 is 28.1. The fourth-order valence-corrected chi connectivity index (χ4v) is 5.83. The highest BCUT2D eigenvalue weighted by Crippen LogP contribution is 2.27. The summed E-state index contributed by atoms with van der Waals surface area (Å²) in [6.07, 6.45) is 5.10. The van der Waals surface area contributed by atoms with Crippen LogP contribution in [0.4, 0.5) is 20.2 Å². The van der Waals surface area contributed by atoms with E-state index in [9.17, 15) is 23.5 Å². The topological polar surface area (TPSA) is 94.0 Å². The molecule has 2 aromatic carbocycles. The first-order valence-electron chi connectivity index (χ1n) is 16.4. The standard InChI is InChI=1S/C35H44F2N4O3S.C2H6/c1-5-15-41(16-6-2)35(44)27-10-8-9-26(20-27)34(43)40-32(19-25-11-13-28(36)21-29(37)17-25)33(42)22-45-23-39-30-14-12-24(7-3)18-31(30)38-4;1-2/h8-12,14,17-18,20-21,32-33,39,42H,4-7,13,15-16,19,22-23H2,1-3H3,(H,40,43);1-2H3. The molecule has 0 heterocycles. The number of allylic oxidation sites excluding steroid dienone is 5. The van der Waals surface area contributed by atoms with Gasteiger partial charge in [-0.3, -0.25) is 14.6 Å². The highest BCUT2D eigenvalue weighted by atomic mass is 32.2. The maximum absolute atomic E-state index is 14.2. The van der Waals surface area contributed by atoms with Crippen molar-refractivity contribution in [2.45, 2.75) is 78.9 Å². The number of aryl methyl sites for hydroxylation is 1. The Kier molecular flexibility index (Phi) is 17.8. The van der Waals surface area contributed by atoms with E-state index in [-0.39, 0.29) is 30.1 Å². The van der Waals surface area contributed by atoms with E-state index in [2.05, 4.69) is 29.3 Å². The number of aliphatic imine (C=N–C) groups is 1. The summed E-state index contributed by atoms with van der Waals surface area (Å²) in [4.78, 5) is 32.5. The van der Waals surface area contributed by atoms with Crippen molar-refractivity contribution in [2.24, 2.45) is 4.99 Å². The molecule has 0 saturated carbocycles. The molecule has 256 valence electrons. The Labute approximate surface area is 283 Å². The van der Waals surface area contributed by atoms with Gasteiger partial charge in [-0.2, -0.15) is 0 Å². The third kappa shape index (κ3) is 12.8. The maximum atomic E-state index is 14.2. The molecule has 7 nitrogen and oxygen atoms in total. The molecule has 0 radical (unpaired) electrons. The fourth-order valence-electron chi connectivity index (χ4n) is 4.98. The second-order valence-electron chi connectivity index (χ2n) is 10.9. The molecule has 0 aromatic heterocycles. The summed E-state index contributed by atoms with van der Waals surface area (Å²) >= 11 is 1.42. The van der Waals surface area contributed by atoms with Crippen molar-refractivity contribution in [1.82, 2.24) is 10.2 Å². The number of aliphatic hydroxyl groups is 1. The van der Waals surface area contributed by atoms with E-state index in [4.69, 9.17) is 0 Å². The second kappa shape index (κ2) is 21.2.